The molecule has 0 unspecified atom stereocenters. The fraction of sp³-hybridized carbons (Fsp3) is 0.941. The average Bonchev–Trinajstić information content (AvgIpc) is 2.43. The largest absolute Gasteiger partial charge is 0.460 e. The van der Waals surface area contributed by atoms with E-state index in [1.54, 1.807) is 0 Å². The normalized spacial score (nSPS) is 21.7. The van der Waals surface area contributed by atoms with E-state index in [0.29, 0.717) is 12.3 Å². The van der Waals surface area contributed by atoms with Crippen molar-refractivity contribution in [3.05, 3.63) is 0 Å². The highest BCUT2D eigenvalue weighted by Gasteiger charge is 2.50. The number of ether oxygens (including phenoxy) is 1. The van der Waals surface area contributed by atoms with E-state index in [-0.39, 0.29) is 24.3 Å². The van der Waals surface area contributed by atoms with Gasteiger partial charge >= 0.3 is 13.1 Å². The molecular weight excluding hydrogens is 279 g/mol. The van der Waals surface area contributed by atoms with Crippen LogP contribution < -0.4 is 0 Å². The van der Waals surface area contributed by atoms with Crippen LogP contribution in [0, 0.1) is 5.92 Å². The molecule has 5 heteroatoms. The molecule has 1 rings (SSSR count). The number of carbonyl (C=O) groups is 1. The molecular formula is C17H33BO4. The Morgan fingerprint density at radius 2 is 1.64 bits per heavy atom. The molecule has 0 bridgehead atoms. The van der Waals surface area contributed by atoms with Crippen molar-refractivity contribution in [1.29, 1.82) is 0 Å². The minimum atomic E-state index is -0.403. The summed E-state index contributed by atoms with van der Waals surface area (Å²) in [4.78, 5) is 11.8. The molecule has 0 radical (unpaired) electrons. The Kier molecular flexibility index (Phi) is 6.13. The highest BCUT2D eigenvalue weighted by atomic mass is 16.7. The maximum Gasteiger partial charge on any atom is 0.457 e. The molecule has 1 aliphatic heterocycles. The second kappa shape index (κ2) is 6.92. The third-order valence-electron chi connectivity index (χ3n) is 4.37. The number of carbonyl (C=O) groups excluding carboxylic acids is 1. The molecule has 0 spiro atoms. The molecule has 0 amide bonds. The van der Waals surface area contributed by atoms with Gasteiger partial charge in [-0.2, -0.15) is 0 Å². The van der Waals surface area contributed by atoms with Crippen molar-refractivity contribution in [2.45, 2.75) is 97.8 Å². The molecule has 0 aromatic rings. The fourth-order valence-electron chi connectivity index (χ4n) is 2.49. The first kappa shape index (κ1) is 19.5. The highest BCUT2D eigenvalue weighted by molar-refractivity contribution is 6.45. The maximum atomic E-state index is 11.8. The van der Waals surface area contributed by atoms with E-state index in [1.807, 2.05) is 20.8 Å². The summed E-state index contributed by atoms with van der Waals surface area (Å²) in [5.74, 6) is 0.202. The summed E-state index contributed by atoms with van der Waals surface area (Å²) in [5.41, 5.74) is -0.931. The third-order valence-corrected chi connectivity index (χ3v) is 4.37. The first-order valence-electron chi connectivity index (χ1n) is 8.40. The van der Waals surface area contributed by atoms with E-state index in [2.05, 4.69) is 34.6 Å². The SMILES string of the molecule is C[C@H](CCCB1OC(C)(C)C(C)(C)O1)CC(=O)OC(C)(C)C. The lowest BCUT2D eigenvalue weighted by atomic mass is 9.81. The van der Waals surface area contributed by atoms with E-state index >= 15 is 0 Å². The molecule has 0 saturated carbocycles. The Labute approximate surface area is 136 Å². The van der Waals surface area contributed by atoms with Gasteiger partial charge in [0.1, 0.15) is 5.60 Å². The Hall–Kier alpha value is -0.545. The summed E-state index contributed by atoms with van der Waals surface area (Å²) < 4.78 is 17.3. The first-order valence-corrected chi connectivity index (χ1v) is 8.40. The van der Waals surface area contributed by atoms with E-state index < -0.39 is 5.60 Å². The van der Waals surface area contributed by atoms with Crippen LogP contribution in [-0.4, -0.2) is 29.9 Å². The van der Waals surface area contributed by atoms with Crippen molar-refractivity contribution in [1.82, 2.24) is 0 Å². The molecule has 0 aromatic heterocycles. The lowest BCUT2D eigenvalue weighted by Crippen LogP contribution is -2.41. The Morgan fingerprint density at radius 1 is 1.14 bits per heavy atom. The summed E-state index contributed by atoms with van der Waals surface area (Å²) in [7, 11) is -0.140. The molecule has 1 atom stereocenters. The zero-order valence-electron chi connectivity index (χ0n) is 15.6. The van der Waals surface area contributed by atoms with Gasteiger partial charge in [0.25, 0.3) is 0 Å². The number of esters is 1. The first-order chi connectivity index (χ1) is 9.82. The van der Waals surface area contributed by atoms with Crippen molar-refractivity contribution < 1.29 is 18.8 Å². The van der Waals surface area contributed by atoms with Crippen LogP contribution in [0.25, 0.3) is 0 Å². The molecule has 0 aromatic carbocycles. The van der Waals surface area contributed by atoms with E-state index in [4.69, 9.17) is 14.0 Å². The molecule has 1 heterocycles. The Bertz CT molecular complexity index is 369. The number of rotatable bonds is 6. The van der Waals surface area contributed by atoms with Gasteiger partial charge in [-0.15, -0.1) is 0 Å². The van der Waals surface area contributed by atoms with Gasteiger partial charge in [-0.25, -0.2) is 0 Å². The number of hydrogen-bond acceptors (Lipinski definition) is 4. The molecule has 1 saturated heterocycles. The second-order valence-electron chi connectivity index (χ2n) is 8.51. The van der Waals surface area contributed by atoms with Crippen molar-refractivity contribution in [2.24, 2.45) is 5.92 Å². The zero-order valence-corrected chi connectivity index (χ0v) is 15.6. The molecule has 128 valence electrons. The lowest BCUT2D eigenvalue weighted by Gasteiger charge is -2.32. The van der Waals surface area contributed by atoms with Crippen molar-refractivity contribution in [3.63, 3.8) is 0 Å². The summed E-state index contributed by atoms with van der Waals surface area (Å²) in [5, 5.41) is 0. The Morgan fingerprint density at radius 3 is 2.09 bits per heavy atom. The molecule has 1 aliphatic rings. The van der Waals surface area contributed by atoms with Crippen LogP contribution in [-0.2, 0) is 18.8 Å². The minimum Gasteiger partial charge on any atom is -0.460 e. The highest BCUT2D eigenvalue weighted by Crippen LogP contribution is 2.38. The van der Waals surface area contributed by atoms with Gasteiger partial charge in [0.2, 0.25) is 0 Å². The van der Waals surface area contributed by atoms with Gasteiger partial charge < -0.3 is 14.0 Å². The Balaban J connectivity index is 2.26. The van der Waals surface area contributed by atoms with E-state index in [9.17, 15) is 4.79 Å². The van der Waals surface area contributed by atoms with Crippen LogP contribution in [0.5, 0.6) is 0 Å². The van der Waals surface area contributed by atoms with Crippen molar-refractivity contribution in [2.75, 3.05) is 0 Å². The molecule has 4 nitrogen and oxygen atoms in total. The maximum absolute atomic E-state index is 11.8. The topological polar surface area (TPSA) is 44.8 Å². The quantitative estimate of drug-likeness (QED) is 0.544. The van der Waals surface area contributed by atoms with Crippen molar-refractivity contribution >= 4 is 13.1 Å². The summed E-state index contributed by atoms with van der Waals surface area (Å²) in [6.45, 7) is 16.1. The molecule has 1 fully saturated rings. The van der Waals surface area contributed by atoms with E-state index in [0.717, 1.165) is 19.2 Å². The van der Waals surface area contributed by atoms with Crippen LogP contribution in [0.15, 0.2) is 0 Å². The zero-order chi connectivity index (χ0) is 17.2. The summed E-state index contributed by atoms with van der Waals surface area (Å²) in [6, 6.07) is 0. The standard InChI is InChI=1S/C17H33BO4/c1-13(12-14(19)20-15(2,3)4)10-9-11-18-21-16(5,6)17(7,8)22-18/h13H,9-12H2,1-8H3/t13-/m1/s1. The second-order valence-corrected chi connectivity index (χ2v) is 8.51. The van der Waals surface area contributed by atoms with Crippen molar-refractivity contribution in [3.8, 4) is 0 Å². The summed E-state index contributed by atoms with van der Waals surface area (Å²) in [6.07, 6.45) is 3.30. The van der Waals surface area contributed by atoms with Gasteiger partial charge in [-0.3, -0.25) is 4.79 Å². The minimum absolute atomic E-state index is 0.115. The van der Waals surface area contributed by atoms with E-state index in [1.165, 1.54) is 0 Å². The fourth-order valence-corrected chi connectivity index (χ4v) is 2.49. The third kappa shape index (κ3) is 5.92. The number of hydrogen-bond donors (Lipinski definition) is 0. The van der Waals surface area contributed by atoms with Gasteiger partial charge in [-0.05, 0) is 60.7 Å². The molecule has 0 aliphatic carbocycles. The summed E-state index contributed by atoms with van der Waals surface area (Å²) >= 11 is 0. The van der Waals surface area contributed by atoms with Crippen LogP contribution in [0.2, 0.25) is 6.32 Å². The van der Waals surface area contributed by atoms with Crippen LogP contribution in [0.4, 0.5) is 0 Å². The van der Waals surface area contributed by atoms with Gasteiger partial charge in [0, 0.05) is 6.42 Å². The predicted molar refractivity (Wildman–Crippen MR) is 89.7 cm³/mol. The van der Waals surface area contributed by atoms with Crippen LogP contribution in [0.3, 0.4) is 0 Å². The monoisotopic (exact) mass is 312 g/mol. The van der Waals surface area contributed by atoms with Gasteiger partial charge in [0.15, 0.2) is 0 Å². The molecule has 22 heavy (non-hydrogen) atoms. The predicted octanol–water partition coefficient (Wildman–Crippen LogP) is 4.23. The van der Waals surface area contributed by atoms with Gasteiger partial charge in [-0.1, -0.05) is 19.8 Å². The molecule has 0 N–H and O–H groups in total. The smallest absolute Gasteiger partial charge is 0.457 e. The lowest BCUT2D eigenvalue weighted by molar-refractivity contribution is -0.155. The van der Waals surface area contributed by atoms with Crippen LogP contribution in [0.1, 0.15) is 74.7 Å². The van der Waals surface area contributed by atoms with Crippen LogP contribution >= 0.6 is 0 Å². The average molecular weight is 312 g/mol. The van der Waals surface area contributed by atoms with Gasteiger partial charge in [0.05, 0.1) is 11.2 Å².